The van der Waals surface area contributed by atoms with E-state index in [4.69, 9.17) is 20.5 Å². The molecule has 5 aromatic rings. The van der Waals surface area contributed by atoms with Gasteiger partial charge in [-0.1, -0.05) is 30.3 Å². The van der Waals surface area contributed by atoms with Crippen LogP contribution in [0.5, 0.6) is 11.8 Å². The fourth-order valence-corrected chi connectivity index (χ4v) is 9.79. The van der Waals surface area contributed by atoms with Crippen molar-refractivity contribution in [2.45, 2.75) is 69.1 Å². The molecule has 14 nitrogen and oxygen atoms in total. The third-order valence-electron chi connectivity index (χ3n) is 11.5. The van der Waals surface area contributed by atoms with Gasteiger partial charge in [0.1, 0.15) is 17.6 Å². The van der Waals surface area contributed by atoms with Crippen LogP contribution in [-0.4, -0.2) is 88.8 Å². The first kappa shape index (κ1) is 38.1. The summed E-state index contributed by atoms with van der Waals surface area (Å²) in [5.41, 5.74) is 5.54. The first-order chi connectivity index (χ1) is 28.1. The van der Waals surface area contributed by atoms with Gasteiger partial charge in [-0.15, -0.1) is 0 Å². The van der Waals surface area contributed by atoms with E-state index in [2.05, 4.69) is 29.4 Å². The second kappa shape index (κ2) is 15.4. The number of β-amino-alcohol motifs (C(OH)–C–C–N with tert-alkyl or cyclic N) is 1. The molecule has 58 heavy (non-hydrogen) atoms. The number of aromatic nitrogens is 3. The largest absolute Gasteiger partial charge is 0.480 e. The quantitative estimate of drug-likeness (QED) is 0.148. The van der Waals surface area contributed by atoms with E-state index < -0.39 is 32.9 Å². The van der Waals surface area contributed by atoms with Crippen molar-refractivity contribution < 1.29 is 36.6 Å². The van der Waals surface area contributed by atoms with Crippen LogP contribution in [0, 0.1) is 18.3 Å². The van der Waals surface area contributed by atoms with Crippen LogP contribution in [0.25, 0.3) is 38.5 Å². The summed E-state index contributed by atoms with van der Waals surface area (Å²) >= 11 is 0. The highest BCUT2D eigenvalue weighted by atomic mass is 32.2. The predicted octanol–water partition coefficient (Wildman–Crippen LogP) is 5.71. The van der Waals surface area contributed by atoms with Gasteiger partial charge in [0.15, 0.2) is 5.58 Å². The number of oxazole rings is 1. The summed E-state index contributed by atoms with van der Waals surface area (Å²) in [6.07, 6.45) is 4.64. The molecule has 3 atom stereocenters. The molecule has 0 unspecified atom stereocenters. The number of benzene rings is 3. The Balaban J connectivity index is 0.923. The molecule has 2 aliphatic carbocycles. The Morgan fingerprint density at radius 2 is 1.79 bits per heavy atom. The van der Waals surface area contributed by atoms with E-state index in [9.17, 15) is 18.3 Å². The third-order valence-corrected chi connectivity index (χ3v) is 13.3. The van der Waals surface area contributed by atoms with E-state index >= 15 is 4.39 Å². The Bertz CT molecular complexity index is 2570. The molecule has 3 aromatic carbocycles. The summed E-state index contributed by atoms with van der Waals surface area (Å²) in [5.74, 6) is -0.678. The Kier molecular flexibility index (Phi) is 10.1. The number of nitrogens with zero attached hydrogens (tertiary/aromatic N) is 6. The molecule has 4 heterocycles. The van der Waals surface area contributed by atoms with Gasteiger partial charge in [-0.25, -0.2) is 27.6 Å². The molecule has 3 fully saturated rings. The van der Waals surface area contributed by atoms with Crippen LogP contribution in [-0.2, 0) is 34.3 Å². The van der Waals surface area contributed by atoms with Gasteiger partial charge in [0.05, 0.1) is 48.2 Å². The number of ether oxygens (including phenoxy) is 2. The van der Waals surface area contributed by atoms with Crippen molar-refractivity contribution in [3.8, 4) is 34.3 Å². The van der Waals surface area contributed by atoms with Gasteiger partial charge in [-0.3, -0.25) is 19.3 Å². The van der Waals surface area contributed by atoms with Gasteiger partial charge < -0.3 is 19.0 Å². The number of aliphatic hydroxyl groups is 1. The Labute approximate surface area is 334 Å². The molecule has 2 aromatic heterocycles. The maximum atomic E-state index is 16.6. The first-order valence-corrected chi connectivity index (χ1v) is 21.1. The summed E-state index contributed by atoms with van der Waals surface area (Å²) in [7, 11) is -2.07. The van der Waals surface area contributed by atoms with Crippen molar-refractivity contribution in [1.29, 1.82) is 0 Å². The summed E-state index contributed by atoms with van der Waals surface area (Å²) in [4.78, 5) is 34.4. The van der Waals surface area contributed by atoms with Crippen molar-refractivity contribution in [3.05, 3.63) is 94.3 Å². The standard InChI is InChI=1S/C42H42FN7O7S/c1-44-33-17-24(20-49-15-13-25(21-49)40(52)48-58(53,54)27-9-10-27)18-34-39(33)57-41(46-34)32-8-4-7-31(38(32)43)28-5-3-6-30-29(28)11-12-36(30)56-37-19-45-35(42(47-37)55-2)23-50-16-14-26(51)22-50/h3-8,17-19,25-27,36,51H,9-16,20-23H2,2H3,(H,48,52)/t25-,26-,36-/m1/s1. The van der Waals surface area contributed by atoms with E-state index in [0.29, 0.717) is 93.4 Å². The molecule has 0 bridgehead atoms. The molecule has 1 saturated carbocycles. The lowest BCUT2D eigenvalue weighted by Gasteiger charge is -2.18. The number of halogens is 1. The molecule has 4 aliphatic rings. The number of carbonyl (C=O) groups is 1. The fraction of sp³-hybridized carbons (Fsp3) is 0.405. The summed E-state index contributed by atoms with van der Waals surface area (Å²) in [6, 6.07) is 14.4. The molecule has 300 valence electrons. The lowest BCUT2D eigenvalue weighted by Crippen LogP contribution is -2.38. The fourth-order valence-electron chi connectivity index (χ4n) is 8.42. The molecule has 1 amide bonds. The molecule has 0 spiro atoms. The van der Waals surface area contributed by atoms with Crippen LogP contribution >= 0.6 is 0 Å². The van der Waals surface area contributed by atoms with Crippen LogP contribution in [0.3, 0.4) is 0 Å². The van der Waals surface area contributed by atoms with Crippen LogP contribution in [0.15, 0.2) is 59.1 Å². The molecule has 16 heteroatoms. The molecule has 0 radical (unpaired) electrons. The average Bonchev–Trinajstić information content (AvgIpc) is 3.47. The minimum Gasteiger partial charge on any atom is -0.480 e. The Hall–Kier alpha value is -5.47. The second-order valence-corrected chi connectivity index (χ2v) is 17.5. The van der Waals surface area contributed by atoms with Crippen LogP contribution in [0.4, 0.5) is 10.1 Å². The highest BCUT2D eigenvalue weighted by Gasteiger charge is 2.39. The van der Waals surface area contributed by atoms with Crippen LogP contribution in [0.1, 0.15) is 60.6 Å². The lowest BCUT2D eigenvalue weighted by atomic mass is 9.95. The molecule has 2 aliphatic heterocycles. The summed E-state index contributed by atoms with van der Waals surface area (Å²) in [6.45, 7) is 11.1. The van der Waals surface area contributed by atoms with Crippen molar-refractivity contribution in [2.24, 2.45) is 5.92 Å². The van der Waals surface area contributed by atoms with Crippen LogP contribution < -0.4 is 14.2 Å². The molecule has 9 rings (SSSR count). The topological polar surface area (TPSA) is 165 Å². The maximum absolute atomic E-state index is 16.6. The van der Waals surface area contributed by atoms with Gasteiger partial charge in [0.2, 0.25) is 39.3 Å². The zero-order valence-electron chi connectivity index (χ0n) is 31.9. The monoisotopic (exact) mass is 807 g/mol. The number of carbonyl (C=O) groups excluding carboxylic acids is 1. The van der Waals surface area contributed by atoms with Gasteiger partial charge in [-0.2, -0.15) is 4.98 Å². The van der Waals surface area contributed by atoms with Crippen molar-refractivity contribution in [3.63, 3.8) is 0 Å². The zero-order chi connectivity index (χ0) is 40.1. The van der Waals surface area contributed by atoms with E-state index in [-0.39, 0.29) is 34.9 Å². The number of rotatable bonds is 12. The lowest BCUT2D eigenvalue weighted by molar-refractivity contribution is -0.122. The van der Waals surface area contributed by atoms with E-state index in [1.54, 1.807) is 43.6 Å². The SMILES string of the molecule is [C-]#[N+]c1cc(CN2CC[C@@H](C(=O)NS(=O)(=O)C3CC3)C2)cc2nc(-c3cccc(-c4cccc5c4CC[C@H]5Oc4cnc(CN5CC[C@@H](O)C5)c(OC)n4)c3F)oc12. The minimum atomic E-state index is -3.61. The number of sulfonamides is 1. The Morgan fingerprint density at radius 1 is 1.02 bits per heavy atom. The molecular formula is C42H42FN7O7S. The maximum Gasteiger partial charge on any atom is 0.240 e. The molecule has 2 saturated heterocycles. The highest BCUT2D eigenvalue weighted by Crippen LogP contribution is 2.43. The highest BCUT2D eigenvalue weighted by molar-refractivity contribution is 7.90. The molecule has 2 N–H and O–H groups in total. The van der Waals surface area contributed by atoms with Gasteiger partial charge >= 0.3 is 0 Å². The average molecular weight is 808 g/mol. The normalized spacial score (nSPS) is 21.0. The van der Waals surface area contributed by atoms with Gasteiger partial charge in [0.25, 0.3) is 0 Å². The number of aliphatic hydroxyl groups excluding tert-OH is 1. The minimum absolute atomic E-state index is 0.0526. The number of methoxy groups -OCH3 is 1. The van der Waals surface area contributed by atoms with E-state index in [1.165, 1.54) is 0 Å². The summed E-state index contributed by atoms with van der Waals surface area (Å²) < 4.78 is 61.5. The second-order valence-electron chi connectivity index (χ2n) is 15.6. The predicted molar refractivity (Wildman–Crippen MR) is 211 cm³/mol. The number of hydrogen-bond donors (Lipinski definition) is 2. The first-order valence-electron chi connectivity index (χ1n) is 19.5. The molecular weight excluding hydrogens is 766 g/mol. The number of fused-ring (bicyclic) bond motifs is 2. The van der Waals surface area contributed by atoms with E-state index in [1.807, 2.05) is 23.1 Å². The summed E-state index contributed by atoms with van der Waals surface area (Å²) in [5, 5.41) is 9.44. The Morgan fingerprint density at radius 3 is 2.57 bits per heavy atom. The third kappa shape index (κ3) is 7.50. The van der Waals surface area contributed by atoms with Crippen LogP contribution in [0.2, 0.25) is 0 Å². The van der Waals surface area contributed by atoms with Gasteiger partial charge in [-0.05, 0) is 85.5 Å². The van der Waals surface area contributed by atoms with Crippen molar-refractivity contribution in [1.82, 2.24) is 29.5 Å². The zero-order valence-corrected chi connectivity index (χ0v) is 32.7. The smallest absolute Gasteiger partial charge is 0.240 e. The number of amides is 1. The number of nitrogens with one attached hydrogen (secondary N) is 1. The van der Waals surface area contributed by atoms with Gasteiger partial charge in [0, 0.05) is 38.3 Å². The number of likely N-dealkylation sites (tertiary alicyclic amines) is 2. The van der Waals surface area contributed by atoms with E-state index in [0.717, 1.165) is 35.2 Å². The number of hydrogen-bond acceptors (Lipinski definition) is 12. The van der Waals surface area contributed by atoms with Crippen molar-refractivity contribution >= 4 is 32.7 Å². The van der Waals surface area contributed by atoms with Crippen molar-refractivity contribution in [2.75, 3.05) is 33.3 Å².